The number of amides is 3. The smallest absolute Gasteiger partial charge is 0.256 e. The average Bonchev–Trinajstić information content (AvgIpc) is 3.39. The number of fused-ring (bicyclic) bond motifs is 2. The topological polar surface area (TPSA) is 73.0 Å². The van der Waals surface area contributed by atoms with Crippen molar-refractivity contribution in [1.82, 2.24) is 15.1 Å². The van der Waals surface area contributed by atoms with E-state index in [0.717, 1.165) is 25.1 Å². The number of nitrogens with zero attached hydrogens (tertiary/aromatic N) is 3. The normalized spacial score (nSPS) is 17.0. The number of likely N-dealkylation sites (N-methyl/N-ethyl adjacent to an activating group) is 1. The average molecular weight is 497 g/mol. The van der Waals surface area contributed by atoms with Crippen molar-refractivity contribution in [3.05, 3.63) is 101 Å². The van der Waals surface area contributed by atoms with Crippen molar-refractivity contribution in [2.75, 3.05) is 31.6 Å². The van der Waals surface area contributed by atoms with Crippen molar-refractivity contribution in [3.8, 4) is 0 Å². The van der Waals surface area contributed by atoms with Crippen molar-refractivity contribution in [3.63, 3.8) is 0 Å². The zero-order chi connectivity index (χ0) is 25.8. The van der Waals surface area contributed by atoms with E-state index in [1.807, 2.05) is 55.6 Å². The standard InChI is InChI=1S/C30H32N4O3/c1-32(20-22-8-3-2-4-9-22)19-17-31-28(35)24-15-13-23(14-16-24)21-34-26-11-6-5-10-25(26)29(36)33-18-7-12-27(33)30(34)37/h2-6,8-11,13-16,27H,7,12,17-21H2,1H3,(H,31,35)/t27-/m1/s1. The van der Waals surface area contributed by atoms with Gasteiger partial charge in [0.15, 0.2) is 0 Å². The Labute approximate surface area is 217 Å². The first kappa shape index (κ1) is 24.7. The fraction of sp³-hybridized carbons (Fsp3) is 0.300. The summed E-state index contributed by atoms with van der Waals surface area (Å²) in [7, 11) is 2.04. The van der Waals surface area contributed by atoms with Crippen LogP contribution in [0.1, 0.15) is 44.7 Å². The number of benzene rings is 3. The van der Waals surface area contributed by atoms with Crippen LogP contribution in [0.2, 0.25) is 0 Å². The van der Waals surface area contributed by atoms with Gasteiger partial charge in [0.1, 0.15) is 6.04 Å². The Balaban J connectivity index is 1.21. The third kappa shape index (κ3) is 5.42. The van der Waals surface area contributed by atoms with Crippen molar-refractivity contribution in [2.45, 2.75) is 32.0 Å². The molecule has 1 atom stereocenters. The molecule has 2 heterocycles. The molecule has 2 aliphatic rings. The van der Waals surface area contributed by atoms with Crippen LogP contribution in [0.4, 0.5) is 5.69 Å². The lowest BCUT2D eigenvalue weighted by Gasteiger charge is -2.26. The lowest BCUT2D eigenvalue weighted by molar-refractivity contribution is -0.122. The quantitative estimate of drug-likeness (QED) is 0.516. The predicted molar refractivity (Wildman–Crippen MR) is 143 cm³/mol. The summed E-state index contributed by atoms with van der Waals surface area (Å²) in [6.07, 6.45) is 1.53. The van der Waals surface area contributed by atoms with Crippen molar-refractivity contribution in [2.24, 2.45) is 0 Å². The number of para-hydroxylation sites is 1. The first-order chi connectivity index (χ1) is 18.0. The number of carbonyl (C=O) groups is 3. The largest absolute Gasteiger partial charge is 0.351 e. The zero-order valence-electron chi connectivity index (χ0n) is 21.1. The van der Waals surface area contributed by atoms with E-state index in [9.17, 15) is 14.4 Å². The van der Waals surface area contributed by atoms with Crippen LogP contribution >= 0.6 is 0 Å². The van der Waals surface area contributed by atoms with E-state index >= 15 is 0 Å². The molecule has 3 aromatic rings. The Morgan fingerprint density at radius 2 is 1.68 bits per heavy atom. The highest BCUT2D eigenvalue weighted by molar-refractivity contribution is 6.11. The van der Waals surface area contributed by atoms with Gasteiger partial charge in [0.25, 0.3) is 11.8 Å². The highest BCUT2D eigenvalue weighted by Gasteiger charge is 2.41. The molecular formula is C30H32N4O3. The Hall–Kier alpha value is -3.97. The Morgan fingerprint density at radius 3 is 2.46 bits per heavy atom. The highest BCUT2D eigenvalue weighted by atomic mass is 16.2. The van der Waals surface area contributed by atoms with E-state index < -0.39 is 6.04 Å². The van der Waals surface area contributed by atoms with E-state index in [1.165, 1.54) is 5.56 Å². The van der Waals surface area contributed by atoms with Crippen LogP contribution in [0.25, 0.3) is 0 Å². The number of hydrogen-bond acceptors (Lipinski definition) is 4. The SMILES string of the molecule is CN(CCNC(=O)c1ccc(CN2C(=O)[C@H]3CCCN3C(=O)c3ccccc32)cc1)Cc1ccccc1. The second-order valence-electron chi connectivity index (χ2n) is 9.77. The first-order valence-corrected chi connectivity index (χ1v) is 12.8. The van der Waals surface area contributed by atoms with Gasteiger partial charge in [-0.1, -0.05) is 54.6 Å². The maximum absolute atomic E-state index is 13.5. The third-order valence-corrected chi connectivity index (χ3v) is 7.12. The summed E-state index contributed by atoms with van der Waals surface area (Å²) >= 11 is 0. The monoisotopic (exact) mass is 496 g/mol. The predicted octanol–water partition coefficient (Wildman–Crippen LogP) is 3.70. The molecule has 1 N–H and O–H groups in total. The lowest BCUT2D eigenvalue weighted by atomic mass is 10.1. The van der Waals surface area contributed by atoms with Gasteiger partial charge in [-0.3, -0.25) is 14.4 Å². The lowest BCUT2D eigenvalue weighted by Crippen LogP contribution is -2.44. The molecule has 0 aliphatic carbocycles. The van der Waals surface area contributed by atoms with E-state index in [0.29, 0.717) is 42.9 Å². The molecule has 37 heavy (non-hydrogen) atoms. The van der Waals surface area contributed by atoms with Crippen molar-refractivity contribution >= 4 is 23.4 Å². The molecule has 2 aliphatic heterocycles. The fourth-order valence-electron chi connectivity index (χ4n) is 5.15. The number of anilines is 1. The summed E-state index contributed by atoms with van der Waals surface area (Å²) in [5.41, 5.74) is 3.93. The summed E-state index contributed by atoms with van der Waals surface area (Å²) in [6, 6.07) is 24.5. The van der Waals surface area contributed by atoms with Crippen LogP contribution in [0.5, 0.6) is 0 Å². The van der Waals surface area contributed by atoms with Gasteiger partial charge in [-0.15, -0.1) is 0 Å². The van der Waals surface area contributed by atoms with E-state index in [1.54, 1.807) is 28.0 Å². The van der Waals surface area contributed by atoms with Gasteiger partial charge in [0.2, 0.25) is 5.91 Å². The molecule has 190 valence electrons. The highest BCUT2D eigenvalue weighted by Crippen LogP contribution is 2.33. The molecule has 0 radical (unpaired) electrons. The second kappa shape index (κ2) is 11.0. The van der Waals surface area contributed by atoms with Crippen LogP contribution in [0.15, 0.2) is 78.9 Å². The van der Waals surface area contributed by atoms with E-state index in [4.69, 9.17) is 0 Å². The van der Waals surface area contributed by atoms with Gasteiger partial charge in [-0.25, -0.2) is 0 Å². The van der Waals surface area contributed by atoms with Crippen LogP contribution in [0, 0.1) is 0 Å². The number of carbonyl (C=O) groups excluding carboxylic acids is 3. The molecule has 0 saturated carbocycles. The van der Waals surface area contributed by atoms with E-state index in [2.05, 4.69) is 22.3 Å². The van der Waals surface area contributed by atoms with Crippen LogP contribution < -0.4 is 10.2 Å². The summed E-state index contributed by atoms with van der Waals surface area (Å²) in [6.45, 7) is 3.08. The van der Waals surface area contributed by atoms with Gasteiger partial charge < -0.3 is 20.0 Å². The molecular weight excluding hydrogens is 464 g/mol. The Kier molecular flexibility index (Phi) is 7.32. The molecule has 3 aromatic carbocycles. The van der Waals surface area contributed by atoms with E-state index in [-0.39, 0.29) is 17.7 Å². The van der Waals surface area contributed by atoms with Crippen LogP contribution in [-0.2, 0) is 17.9 Å². The summed E-state index contributed by atoms with van der Waals surface area (Å²) in [4.78, 5) is 44.8. The second-order valence-corrected chi connectivity index (χ2v) is 9.77. The van der Waals surface area contributed by atoms with Gasteiger partial charge in [0.05, 0.1) is 17.8 Å². The van der Waals surface area contributed by atoms with Gasteiger partial charge in [0, 0.05) is 31.7 Å². The molecule has 1 saturated heterocycles. The number of hydrogen-bond donors (Lipinski definition) is 1. The minimum atomic E-state index is -0.412. The van der Waals surface area contributed by atoms with Gasteiger partial charge in [-0.2, -0.15) is 0 Å². The molecule has 5 rings (SSSR count). The van der Waals surface area contributed by atoms with Crippen LogP contribution in [0.3, 0.4) is 0 Å². The van der Waals surface area contributed by atoms with Gasteiger partial charge >= 0.3 is 0 Å². The fourth-order valence-corrected chi connectivity index (χ4v) is 5.15. The maximum atomic E-state index is 13.5. The van der Waals surface area contributed by atoms with Crippen molar-refractivity contribution in [1.29, 1.82) is 0 Å². The molecule has 7 nitrogen and oxygen atoms in total. The maximum Gasteiger partial charge on any atom is 0.256 e. The number of nitrogens with one attached hydrogen (secondary N) is 1. The third-order valence-electron chi connectivity index (χ3n) is 7.12. The van der Waals surface area contributed by atoms with Crippen LogP contribution in [-0.4, -0.2) is 60.2 Å². The minimum Gasteiger partial charge on any atom is -0.351 e. The Bertz CT molecular complexity index is 1280. The van der Waals surface area contributed by atoms with Crippen molar-refractivity contribution < 1.29 is 14.4 Å². The summed E-state index contributed by atoms with van der Waals surface area (Å²) in [5.74, 6) is -0.240. The molecule has 1 fully saturated rings. The molecule has 7 heteroatoms. The molecule has 0 spiro atoms. The molecule has 3 amide bonds. The summed E-state index contributed by atoms with van der Waals surface area (Å²) < 4.78 is 0. The molecule has 0 bridgehead atoms. The molecule has 0 aromatic heterocycles. The Morgan fingerprint density at radius 1 is 0.946 bits per heavy atom. The molecule has 0 unspecified atom stereocenters. The number of rotatable bonds is 8. The summed E-state index contributed by atoms with van der Waals surface area (Å²) in [5, 5.41) is 2.99. The first-order valence-electron chi connectivity index (χ1n) is 12.8. The van der Waals surface area contributed by atoms with Gasteiger partial charge in [-0.05, 0) is 55.3 Å². The zero-order valence-corrected chi connectivity index (χ0v) is 21.1. The minimum absolute atomic E-state index is 0.0442.